The topological polar surface area (TPSA) is 64.2 Å². The second kappa shape index (κ2) is 6.52. The number of nitrogens with zero attached hydrogens (tertiary/aromatic N) is 4. The lowest BCUT2D eigenvalue weighted by atomic mass is 10.0. The van der Waals surface area contributed by atoms with Gasteiger partial charge in [0.25, 0.3) is 0 Å². The summed E-state index contributed by atoms with van der Waals surface area (Å²) in [7, 11) is 0. The molecule has 0 unspecified atom stereocenters. The third-order valence-corrected chi connectivity index (χ3v) is 4.47. The third-order valence-electron chi connectivity index (χ3n) is 4.17. The molecule has 1 aliphatic heterocycles. The average Bonchev–Trinajstić information content (AvgIpc) is 3.16. The molecule has 3 heterocycles. The highest BCUT2D eigenvalue weighted by atomic mass is 35.5. The van der Waals surface area contributed by atoms with Gasteiger partial charge in [-0.2, -0.15) is 5.10 Å². The monoisotopic (exact) mass is 322 g/mol. The van der Waals surface area contributed by atoms with E-state index in [-0.39, 0.29) is 11.9 Å². The lowest BCUT2D eigenvalue weighted by Gasteiger charge is -2.33. The Hall–Kier alpha value is -1.82. The van der Waals surface area contributed by atoms with Gasteiger partial charge in [0.2, 0.25) is 11.1 Å². The molecule has 1 fully saturated rings. The van der Waals surface area contributed by atoms with E-state index >= 15 is 0 Å². The van der Waals surface area contributed by atoms with Gasteiger partial charge in [-0.1, -0.05) is 5.16 Å². The van der Waals surface area contributed by atoms with E-state index in [2.05, 4.69) is 10.3 Å². The zero-order valence-corrected chi connectivity index (χ0v) is 13.3. The van der Waals surface area contributed by atoms with Gasteiger partial charge in [0.1, 0.15) is 0 Å². The maximum absolute atomic E-state index is 12.4. The Morgan fingerprint density at radius 2 is 2.41 bits per heavy atom. The van der Waals surface area contributed by atoms with Crippen molar-refractivity contribution >= 4 is 17.5 Å². The number of carbonyl (C=O) groups excluding carboxylic acids is 1. The van der Waals surface area contributed by atoms with Crippen LogP contribution in [0.1, 0.15) is 36.6 Å². The van der Waals surface area contributed by atoms with E-state index in [1.807, 2.05) is 28.8 Å². The quantitative estimate of drug-likeness (QED) is 0.868. The van der Waals surface area contributed by atoms with Crippen molar-refractivity contribution in [2.75, 3.05) is 13.1 Å². The molecule has 1 aliphatic rings. The van der Waals surface area contributed by atoms with Crippen LogP contribution in [-0.4, -0.2) is 38.8 Å². The van der Waals surface area contributed by atoms with Crippen molar-refractivity contribution in [1.29, 1.82) is 0 Å². The maximum Gasteiger partial charge on any atom is 0.229 e. The van der Waals surface area contributed by atoms with Crippen molar-refractivity contribution in [3.05, 3.63) is 34.9 Å². The van der Waals surface area contributed by atoms with Gasteiger partial charge in [0.05, 0.1) is 11.7 Å². The minimum Gasteiger partial charge on any atom is -0.344 e. The van der Waals surface area contributed by atoms with Crippen LogP contribution < -0.4 is 0 Å². The molecule has 7 heteroatoms. The van der Waals surface area contributed by atoms with Crippen molar-refractivity contribution in [3.63, 3.8) is 0 Å². The Balaban J connectivity index is 1.58. The van der Waals surface area contributed by atoms with Crippen molar-refractivity contribution in [2.24, 2.45) is 0 Å². The fourth-order valence-corrected chi connectivity index (χ4v) is 3.19. The van der Waals surface area contributed by atoms with E-state index in [0.29, 0.717) is 18.1 Å². The van der Waals surface area contributed by atoms with Crippen LogP contribution in [0.15, 0.2) is 23.0 Å². The molecule has 0 radical (unpaired) electrons. The summed E-state index contributed by atoms with van der Waals surface area (Å²) in [4.78, 5) is 14.4. The summed E-state index contributed by atoms with van der Waals surface area (Å²) in [5.41, 5.74) is 1.58. The predicted octanol–water partition coefficient (Wildman–Crippen LogP) is 2.63. The number of amides is 1. The van der Waals surface area contributed by atoms with E-state index in [4.69, 9.17) is 16.1 Å². The highest BCUT2D eigenvalue weighted by molar-refractivity contribution is 6.29. The van der Waals surface area contributed by atoms with Crippen molar-refractivity contribution in [1.82, 2.24) is 19.8 Å². The molecule has 118 valence electrons. The molecule has 3 rings (SSSR count). The average molecular weight is 323 g/mol. The van der Waals surface area contributed by atoms with Gasteiger partial charge in [0, 0.05) is 37.5 Å². The number of rotatable bonds is 4. The number of aryl methyl sites for hydroxylation is 1. The molecule has 0 bridgehead atoms. The normalized spacial score (nSPS) is 18.6. The molecule has 0 aliphatic carbocycles. The van der Waals surface area contributed by atoms with E-state index in [1.165, 1.54) is 0 Å². The Kier molecular flexibility index (Phi) is 4.47. The summed E-state index contributed by atoms with van der Waals surface area (Å²) < 4.78 is 6.86. The molecule has 2 aromatic heterocycles. The smallest absolute Gasteiger partial charge is 0.229 e. The van der Waals surface area contributed by atoms with Crippen LogP contribution in [0, 0.1) is 6.92 Å². The minimum atomic E-state index is 0.147. The molecule has 1 atom stereocenters. The Bertz CT molecular complexity index is 619. The number of likely N-dealkylation sites (tertiary alicyclic amines) is 1. The van der Waals surface area contributed by atoms with E-state index in [9.17, 15) is 4.79 Å². The van der Waals surface area contributed by atoms with Gasteiger partial charge in [0.15, 0.2) is 0 Å². The molecular weight excluding hydrogens is 304 g/mol. The van der Waals surface area contributed by atoms with Gasteiger partial charge >= 0.3 is 0 Å². The van der Waals surface area contributed by atoms with Crippen LogP contribution in [0.25, 0.3) is 0 Å². The SMILES string of the molecule is Cc1noc(Cl)c1CCC(=O)N1CCC[C@H](n2cccn2)C1. The molecule has 0 N–H and O–H groups in total. The molecule has 2 aromatic rings. The van der Waals surface area contributed by atoms with Gasteiger partial charge < -0.3 is 9.42 Å². The Labute approximate surface area is 134 Å². The number of hydrogen-bond acceptors (Lipinski definition) is 4. The number of carbonyl (C=O) groups is 1. The van der Waals surface area contributed by atoms with Gasteiger partial charge in [-0.3, -0.25) is 9.48 Å². The van der Waals surface area contributed by atoms with Gasteiger partial charge in [-0.05, 0) is 43.9 Å². The predicted molar refractivity (Wildman–Crippen MR) is 81.6 cm³/mol. The van der Waals surface area contributed by atoms with E-state index < -0.39 is 0 Å². The lowest BCUT2D eigenvalue weighted by molar-refractivity contribution is -0.132. The highest BCUT2D eigenvalue weighted by Gasteiger charge is 2.25. The summed E-state index contributed by atoms with van der Waals surface area (Å²) in [5.74, 6) is 0.147. The summed E-state index contributed by atoms with van der Waals surface area (Å²) in [6, 6.07) is 2.19. The number of halogens is 1. The fourth-order valence-electron chi connectivity index (χ4n) is 2.92. The first-order chi connectivity index (χ1) is 10.6. The first-order valence-electron chi connectivity index (χ1n) is 7.52. The molecule has 0 spiro atoms. The van der Waals surface area contributed by atoms with Crippen LogP contribution in [0.5, 0.6) is 0 Å². The number of aromatic nitrogens is 3. The number of piperidine rings is 1. The van der Waals surface area contributed by atoms with Crippen molar-refractivity contribution in [2.45, 2.75) is 38.6 Å². The lowest BCUT2D eigenvalue weighted by Crippen LogP contribution is -2.40. The maximum atomic E-state index is 12.4. The zero-order chi connectivity index (χ0) is 15.5. The first-order valence-corrected chi connectivity index (χ1v) is 7.90. The highest BCUT2D eigenvalue weighted by Crippen LogP contribution is 2.23. The summed E-state index contributed by atoms with van der Waals surface area (Å²) in [6.07, 6.45) is 6.78. The van der Waals surface area contributed by atoms with Crippen LogP contribution in [0.2, 0.25) is 5.22 Å². The van der Waals surface area contributed by atoms with Gasteiger partial charge in [-0.25, -0.2) is 0 Å². The molecule has 6 nitrogen and oxygen atoms in total. The molecular formula is C15H19ClN4O2. The first kappa shape index (κ1) is 15.1. The second-order valence-corrected chi connectivity index (χ2v) is 5.99. The molecule has 0 saturated carbocycles. The molecule has 22 heavy (non-hydrogen) atoms. The summed E-state index contributed by atoms with van der Waals surface area (Å²) in [5, 5.41) is 8.38. The molecule has 1 saturated heterocycles. The summed E-state index contributed by atoms with van der Waals surface area (Å²) >= 11 is 5.94. The minimum absolute atomic E-state index is 0.147. The van der Waals surface area contributed by atoms with Crippen LogP contribution in [0.4, 0.5) is 0 Å². The molecule has 1 amide bonds. The fraction of sp³-hybridized carbons (Fsp3) is 0.533. The van der Waals surface area contributed by atoms with Gasteiger partial charge in [-0.15, -0.1) is 0 Å². The largest absolute Gasteiger partial charge is 0.344 e. The van der Waals surface area contributed by atoms with E-state index in [0.717, 1.165) is 37.2 Å². The second-order valence-electron chi connectivity index (χ2n) is 5.64. The standard InChI is InChI=1S/C15H19ClN4O2/c1-11-13(15(16)22-18-11)5-6-14(21)19-8-2-4-12(10-19)20-9-3-7-17-20/h3,7,9,12H,2,4-6,8,10H2,1H3/t12-/m0/s1. The summed E-state index contributed by atoms with van der Waals surface area (Å²) in [6.45, 7) is 3.37. The zero-order valence-electron chi connectivity index (χ0n) is 12.5. The Morgan fingerprint density at radius 3 is 3.09 bits per heavy atom. The number of hydrogen-bond donors (Lipinski definition) is 0. The van der Waals surface area contributed by atoms with Crippen molar-refractivity contribution < 1.29 is 9.32 Å². The van der Waals surface area contributed by atoms with E-state index in [1.54, 1.807) is 6.20 Å². The van der Waals surface area contributed by atoms with Crippen molar-refractivity contribution in [3.8, 4) is 0 Å². The van der Waals surface area contributed by atoms with Crippen LogP contribution >= 0.6 is 11.6 Å². The van der Waals surface area contributed by atoms with Crippen LogP contribution in [0.3, 0.4) is 0 Å². The van der Waals surface area contributed by atoms with Crippen LogP contribution in [-0.2, 0) is 11.2 Å². The molecule has 0 aromatic carbocycles. The Morgan fingerprint density at radius 1 is 1.55 bits per heavy atom. The third kappa shape index (κ3) is 3.16.